The monoisotopic (exact) mass is 416 g/mol. The lowest BCUT2D eigenvalue weighted by Crippen LogP contribution is -2.15. The van der Waals surface area contributed by atoms with Gasteiger partial charge in [0, 0.05) is 19.2 Å². The van der Waals surface area contributed by atoms with Crippen molar-refractivity contribution in [1.82, 2.24) is 14.8 Å². The first kappa shape index (κ1) is 19.9. The number of thioether (sulfide) groups is 1. The minimum absolute atomic E-state index is 0.0639. The van der Waals surface area contributed by atoms with Crippen molar-refractivity contribution in [3.05, 3.63) is 70.5 Å². The molecule has 1 heterocycles. The number of carboxylic acid groups (broad SMARTS) is 1. The van der Waals surface area contributed by atoms with E-state index in [4.69, 9.17) is 16.7 Å². The summed E-state index contributed by atoms with van der Waals surface area (Å²) in [6, 6.07) is 14.3. The van der Waals surface area contributed by atoms with Crippen LogP contribution in [0.4, 0.5) is 5.69 Å². The maximum Gasteiger partial charge on any atom is 0.337 e. The van der Waals surface area contributed by atoms with E-state index < -0.39 is 5.97 Å². The molecule has 0 fully saturated rings. The molecule has 1 aromatic heterocycles. The molecule has 1 amide bonds. The number of aromatic carboxylic acids is 1. The van der Waals surface area contributed by atoms with E-state index in [1.54, 1.807) is 6.07 Å². The van der Waals surface area contributed by atoms with Gasteiger partial charge in [-0.3, -0.25) is 4.79 Å². The van der Waals surface area contributed by atoms with Gasteiger partial charge in [0.2, 0.25) is 5.91 Å². The summed E-state index contributed by atoms with van der Waals surface area (Å²) in [5.74, 6) is -0.516. The van der Waals surface area contributed by atoms with Crippen LogP contribution < -0.4 is 5.32 Å². The third-order valence-electron chi connectivity index (χ3n) is 3.94. The molecule has 9 heteroatoms. The summed E-state index contributed by atoms with van der Waals surface area (Å²) in [7, 11) is 1.86. The van der Waals surface area contributed by atoms with E-state index in [0.717, 1.165) is 11.4 Å². The van der Waals surface area contributed by atoms with Gasteiger partial charge in [0.05, 0.1) is 16.3 Å². The van der Waals surface area contributed by atoms with Crippen molar-refractivity contribution in [3.8, 4) is 0 Å². The number of anilines is 1. The molecule has 3 rings (SSSR count). The lowest BCUT2D eigenvalue weighted by atomic mass is 10.1. The van der Waals surface area contributed by atoms with Gasteiger partial charge in [0.1, 0.15) is 5.82 Å². The van der Waals surface area contributed by atoms with E-state index >= 15 is 0 Å². The summed E-state index contributed by atoms with van der Waals surface area (Å²) in [6.45, 7) is 0. The Morgan fingerprint density at radius 2 is 1.93 bits per heavy atom. The molecule has 144 valence electrons. The van der Waals surface area contributed by atoms with E-state index in [1.165, 1.54) is 23.9 Å². The Morgan fingerprint density at radius 3 is 2.64 bits per heavy atom. The molecule has 7 nitrogen and oxygen atoms in total. The van der Waals surface area contributed by atoms with Crippen molar-refractivity contribution in [2.45, 2.75) is 11.6 Å². The Hall–Kier alpha value is -2.84. The molecule has 0 radical (unpaired) electrons. The first-order valence-corrected chi connectivity index (χ1v) is 9.68. The second-order valence-electron chi connectivity index (χ2n) is 5.96. The van der Waals surface area contributed by atoms with Crippen LogP contribution in [0.15, 0.2) is 53.7 Å². The predicted molar refractivity (Wildman–Crippen MR) is 108 cm³/mol. The third-order valence-corrected chi connectivity index (χ3v) is 5.29. The molecule has 0 aliphatic heterocycles. The van der Waals surface area contributed by atoms with Gasteiger partial charge in [-0.1, -0.05) is 53.7 Å². The molecule has 0 unspecified atom stereocenters. The van der Waals surface area contributed by atoms with Crippen LogP contribution in [-0.2, 0) is 18.3 Å². The second kappa shape index (κ2) is 8.90. The molecule has 2 aromatic carbocycles. The maximum atomic E-state index is 12.2. The zero-order valence-corrected chi connectivity index (χ0v) is 16.5. The quantitative estimate of drug-likeness (QED) is 0.572. The highest BCUT2D eigenvalue weighted by Crippen LogP contribution is 2.22. The van der Waals surface area contributed by atoms with Crippen LogP contribution in [0.5, 0.6) is 0 Å². The molecule has 28 heavy (non-hydrogen) atoms. The lowest BCUT2D eigenvalue weighted by Gasteiger charge is -2.07. The van der Waals surface area contributed by atoms with Gasteiger partial charge < -0.3 is 15.0 Å². The van der Waals surface area contributed by atoms with Gasteiger partial charge in [-0.05, 0) is 23.8 Å². The minimum Gasteiger partial charge on any atom is -0.478 e. The Kier molecular flexibility index (Phi) is 6.33. The summed E-state index contributed by atoms with van der Waals surface area (Å²) in [6.07, 6.45) is 0.653. The average Bonchev–Trinajstić information content (AvgIpc) is 3.02. The van der Waals surface area contributed by atoms with Crippen LogP contribution in [0.2, 0.25) is 5.02 Å². The molecule has 0 saturated heterocycles. The summed E-state index contributed by atoms with van der Waals surface area (Å²) < 4.78 is 1.86. The summed E-state index contributed by atoms with van der Waals surface area (Å²) in [5, 5.41) is 20.8. The molecule has 0 bridgehead atoms. The summed E-state index contributed by atoms with van der Waals surface area (Å²) in [4.78, 5) is 23.3. The lowest BCUT2D eigenvalue weighted by molar-refractivity contribution is -0.113. The number of carboxylic acids is 1. The highest BCUT2D eigenvalue weighted by molar-refractivity contribution is 7.99. The minimum atomic E-state index is -1.15. The molecule has 0 saturated carbocycles. The van der Waals surface area contributed by atoms with Crippen LogP contribution in [-0.4, -0.2) is 37.5 Å². The van der Waals surface area contributed by atoms with E-state index in [2.05, 4.69) is 15.5 Å². The first-order valence-electron chi connectivity index (χ1n) is 8.31. The fourth-order valence-corrected chi connectivity index (χ4v) is 3.43. The van der Waals surface area contributed by atoms with Crippen LogP contribution in [0, 0.1) is 0 Å². The number of hydrogen-bond donors (Lipinski definition) is 2. The van der Waals surface area contributed by atoms with Gasteiger partial charge in [0.25, 0.3) is 0 Å². The summed E-state index contributed by atoms with van der Waals surface area (Å²) in [5.41, 5.74) is 1.44. The summed E-state index contributed by atoms with van der Waals surface area (Å²) >= 11 is 7.09. The van der Waals surface area contributed by atoms with Gasteiger partial charge in [-0.2, -0.15) is 0 Å². The molecular weight excluding hydrogens is 400 g/mol. The SMILES string of the molecule is Cn1c(Cc2ccccc2)nnc1SCC(=O)Nc1ccc(Cl)c(C(=O)O)c1. The Balaban J connectivity index is 1.59. The third kappa shape index (κ3) is 4.90. The number of carbonyl (C=O) groups is 2. The number of rotatable bonds is 7. The Morgan fingerprint density at radius 1 is 1.18 bits per heavy atom. The fraction of sp³-hybridized carbons (Fsp3) is 0.158. The van der Waals surface area contributed by atoms with Crippen molar-refractivity contribution < 1.29 is 14.7 Å². The standard InChI is InChI=1S/C19H17ClN4O3S/c1-24-16(9-12-5-3-2-4-6-12)22-23-19(24)28-11-17(25)21-13-7-8-15(20)14(10-13)18(26)27/h2-8,10H,9,11H2,1H3,(H,21,25)(H,26,27). The van der Waals surface area contributed by atoms with Crippen molar-refractivity contribution in [3.63, 3.8) is 0 Å². The highest BCUT2D eigenvalue weighted by atomic mass is 35.5. The molecule has 2 N–H and O–H groups in total. The number of aromatic nitrogens is 3. The molecule has 0 spiro atoms. The number of carbonyl (C=O) groups excluding carboxylic acids is 1. The maximum absolute atomic E-state index is 12.2. The van der Waals surface area contributed by atoms with Gasteiger partial charge in [0.15, 0.2) is 5.16 Å². The van der Waals surface area contributed by atoms with Crippen LogP contribution in [0.25, 0.3) is 0 Å². The Labute approximate surface area is 170 Å². The molecule has 3 aromatic rings. The number of nitrogens with one attached hydrogen (secondary N) is 1. The second-order valence-corrected chi connectivity index (χ2v) is 7.31. The number of nitrogens with zero attached hydrogens (tertiary/aromatic N) is 3. The molecule has 0 aliphatic carbocycles. The zero-order chi connectivity index (χ0) is 20.1. The van der Waals surface area contributed by atoms with Crippen molar-refractivity contribution in [2.24, 2.45) is 7.05 Å². The topological polar surface area (TPSA) is 97.1 Å². The largest absolute Gasteiger partial charge is 0.478 e. The smallest absolute Gasteiger partial charge is 0.337 e. The first-order chi connectivity index (χ1) is 13.4. The Bertz CT molecular complexity index is 1010. The van der Waals surface area contributed by atoms with E-state index in [1.807, 2.05) is 41.9 Å². The fourth-order valence-electron chi connectivity index (χ4n) is 2.50. The van der Waals surface area contributed by atoms with Gasteiger partial charge in [-0.15, -0.1) is 10.2 Å². The zero-order valence-electron chi connectivity index (χ0n) is 14.9. The number of benzene rings is 2. The normalized spacial score (nSPS) is 10.6. The predicted octanol–water partition coefficient (Wildman–Crippen LogP) is 3.49. The average molecular weight is 417 g/mol. The van der Waals surface area contributed by atoms with Gasteiger partial charge >= 0.3 is 5.97 Å². The van der Waals surface area contributed by atoms with E-state index in [9.17, 15) is 9.59 Å². The number of halogens is 1. The molecule has 0 atom stereocenters. The number of hydrogen-bond acceptors (Lipinski definition) is 5. The molecule has 0 aliphatic rings. The van der Waals surface area contributed by atoms with Crippen molar-refractivity contribution in [2.75, 3.05) is 11.1 Å². The van der Waals surface area contributed by atoms with Crippen molar-refractivity contribution >= 4 is 40.9 Å². The van der Waals surface area contributed by atoms with Gasteiger partial charge in [-0.25, -0.2) is 4.79 Å². The van der Waals surface area contributed by atoms with Crippen LogP contribution in [0.3, 0.4) is 0 Å². The number of amides is 1. The van der Waals surface area contributed by atoms with Crippen molar-refractivity contribution in [1.29, 1.82) is 0 Å². The highest BCUT2D eigenvalue weighted by Gasteiger charge is 2.14. The van der Waals surface area contributed by atoms with Crippen LogP contribution >= 0.6 is 23.4 Å². The molecular formula is C19H17ClN4O3S. The van der Waals surface area contributed by atoms with E-state index in [0.29, 0.717) is 17.3 Å². The van der Waals surface area contributed by atoms with E-state index in [-0.39, 0.29) is 22.2 Å². The van der Waals surface area contributed by atoms with Crippen LogP contribution in [0.1, 0.15) is 21.7 Å².